The highest BCUT2D eigenvalue weighted by Gasteiger charge is 2.30. The second-order valence-electron chi connectivity index (χ2n) is 5.45. The van der Waals surface area contributed by atoms with Crippen molar-refractivity contribution >= 4 is 16.0 Å². The molecule has 8 heteroatoms. The molecule has 1 N–H and O–H groups in total. The van der Waals surface area contributed by atoms with Crippen molar-refractivity contribution in [3.05, 3.63) is 48.0 Å². The molecular weight excluding hydrogens is 334 g/mol. The topological polar surface area (TPSA) is 90.9 Å². The Labute approximate surface area is 141 Å². The Morgan fingerprint density at radius 1 is 1.25 bits per heavy atom. The Bertz CT molecular complexity index is 673. The average molecular weight is 355 g/mol. The maximum absolute atomic E-state index is 11.5. The van der Waals surface area contributed by atoms with Crippen LogP contribution >= 0.6 is 0 Å². The van der Waals surface area contributed by atoms with Gasteiger partial charge in [0.1, 0.15) is 6.10 Å². The van der Waals surface area contributed by atoms with E-state index in [2.05, 4.69) is 4.72 Å². The summed E-state index contributed by atoms with van der Waals surface area (Å²) in [5, 5.41) is 0. The maximum Gasteiger partial charge on any atom is 0.305 e. The lowest BCUT2D eigenvalue weighted by molar-refractivity contribution is -0.184. The number of esters is 1. The van der Waals surface area contributed by atoms with Crippen LogP contribution in [0.4, 0.5) is 0 Å². The van der Waals surface area contributed by atoms with Crippen molar-refractivity contribution in [1.82, 2.24) is 4.72 Å². The zero-order valence-corrected chi connectivity index (χ0v) is 14.4. The summed E-state index contributed by atoms with van der Waals surface area (Å²) in [6.45, 7) is 1.79. The van der Waals surface area contributed by atoms with Crippen LogP contribution in [0.1, 0.15) is 12.5 Å². The predicted octanol–water partition coefficient (Wildman–Crippen LogP) is 0.965. The number of rotatable bonds is 7. The summed E-state index contributed by atoms with van der Waals surface area (Å²) in [6.07, 6.45) is 2.70. The van der Waals surface area contributed by atoms with Crippen molar-refractivity contribution < 1.29 is 27.4 Å². The van der Waals surface area contributed by atoms with Crippen LogP contribution in [0.3, 0.4) is 0 Å². The zero-order chi connectivity index (χ0) is 17.6. The van der Waals surface area contributed by atoms with E-state index in [0.29, 0.717) is 6.61 Å². The summed E-state index contributed by atoms with van der Waals surface area (Å²) >= 11 is 0. The Kier molecular flexibility index (Phi) is 6.50. The third kappa shape index (κ3) is 6.40. The molecule has 0 radical (unpaired) electrons. The van der Waals surface area contributed by atoms with Crippen LogP contribution < -0.4 is 4.72 Å². The molecule has 0 amide bonds. The van der Waals surface area contributed by atoms with Gasteiger partial charge in [-0.05, 0) is 11.6 Å². The lowest BCUT2D eigenvalue weighted by Gasteiger charge is -2.31. The molecule has 24 heavy (non-hydrogen) atoms. The summed E-state index contributed by atoms with van der Waals surface area (Å²) in [4.78, 5) is 11.0. The van der Waals surface area contributed by atoms with Gasteiger partial charge in [-0.3, -0.25) is 4.79 Å². The number of hydrogen-bond donors (Lipinski definition) is 1. The van der Waals surface area contributed by atoms with Crippen LogP contribution in [-0.4, -0.2) is 45.7 Å². The molecule has 0 bridgehead atoms. The molecule has 0 fully saturated rings. The summed E-state index contributed by atoms with van der Waals surface area (Å²) in [5.74, 6) is -0.483. The lowest BCUT2D eigenvalue weighted by Crippen LogP contribution is -2.49. The number of carbonyl (C=O) groups excluding carboxylic acids is 1. The first-order valence-corrected chi connectivity index (χ1v) is 9.32. The van der Waals surface area contributed by atoms with E-state index < -0.39 is 34.4 Å². The van der Waals surface area contributed by atoms with Gasteiger partial charge in [-0.1, -0.05) is 36.4 Å². The highest BCUT2D eigenvalue weighted by atomic mass is 32.2. The Morgan fingerprint density at radius 3 is 2.58 bits per heavy atom. The Morgan fingerprint density at radius 2 is 1.96 bits per heavy atom. The number of carbonyl (C=O) groups is 1. The van der Waals surface area contributed by atoms with E-state index in [1.54, 1.807) is 6.08 Å². The standard InChI is InChI=1S/C16H21NO6S/c1-12(18)22-16-9-8-14(17-24(2,19)20)15(23-16)11-21-10-13-6-4-3-5-7-13/h3-9,14-17H,10-11H2,1-2H3/t14-,15-,16+/m1/s1. The zero-order valence-electron chi connectivity index (χ0n) is 13.5. The van der Waals surface area contributed by atoms with E-state index in [-0.39, 0.29) is 6.61 Å². The second-order valence-corrected chi connectivity index (χ2v) is 7.23. The van der Waals surface area contributed by atoms with Gasteiger partial charge < -0.3 is 14.2 Å². The van der Waals surface area contributed by atoms with Gasteiger partial charge in [-0.15, -0.1) is 0 Å². The van der Waals surface area contributed by atoms with E-state index in [0.717, 1.165) is 11.8 Å². The molecule has 1 aliphatic heterocycles. The van der Waals surface area contributed by atoms with Crippen LogP contribution in [-0.2, 0) is 35.6 Å². The van der Waals surface area contributed by atoms with Crippen molar-refractivity contribution in [2.45, 2.75) is 32.0 Å². The van der Waals surface area contributed by atoms with Crippen molar-refractivity contribution in [2.75, 3.05) is 12.9 Å². The van der Waals surface area contributed by atoms with E-state index >= 15 is 0 Å². The molecule has 0 saturated heterocycles. The van der Waals surface area contributed by atoms with Gasteiger partial charge in [0.05, 0.1) is 25.5 Å². The number of benzene rings is 1. The quantitative estimate of drug-likeness (QED) is 0.579. The third-order valence-corrected chi connectivity index (χ3v) is 3.91. The van der Waals surface area contributed by atoms with E-state index in [1.807, 2.05) is 30.3 Å². The molecule has 7 nitrogen and oxygen atoms in total. The fourth-order valence-electron chi connectivity index (χ4n) is 2.24. The van der Waals surface area contributed by atoms with Gasteiger partial charge in [0.25, 0.3) is 0 Å². The van der Waals surface area contributed by atoms with Crippen LogP contribution in [0.15, 0.2) is 42.5 Å². The molecule has 1 aromatic rings. The summed E-state index contributed by atoms with van der Waals surface area (Å²) in [6, 6.07) is 8.98. The predicted molar refractivity (Wildman–Crippen MR) is 87.4 cm³/mol. The van der Waals surface area contributed by atoms with Gasteiger partial charge in [0.2, 0.25) is 16.3 Å². The van der Waals surface area contributed by atoms with Gasteiger partial charge in [-0.25, -0.2) is 13.1 Å². The fraction of sp³-hybridized carbons (Fsp3) is 0.438. The molecule has 1 heterocycles. The van der Waals surface area contributed by atoms with E-state index in [1.165, 1.54) is 13.0 Å². The molecule has 1 aromatic carbocycles. The van der Waals surface area contributed by atoms with Crippen molar-refractivity contribution in [2.24, 2.45) is 0 Å². The van der Waals surface area contributed by atoms with Gasteiger partial charge in [-0.2, -0.15) is 0 Å². The first-order valence-electron chi connectivity index (χ1n) is 7.43. The molecule has 2 rings (SSSR count). The van der Waals surface area contributed by atoms with Crippen molar-refractivity contribution in [1.29, 1.82) is 0 Å². The highest BCUT2D eigenvalue weighted by Crippen LogP contribution is 2.16. The maximum atomic E-state index is 11.5. The molecule has 0 spiro atoms. The monoisotopic (exact) mass is 355 g/mol. The lowest BCUT2D eigenvalue weighted by atomic mass is 10.1. The molecular formula is C16H21NO6S. The van der Waals surface area contributed by atoms with Crippen molar-refractivity contribution in [3.8, 4) is 0 Å². The van der Waals surface area contributed by atoms with Gasteiger partial charge >= 0.3 is 5.97 Å². The molecule has 132 valence electrons. The SMILES string of the molecule is CC(=O)O[C@@H]1C=C[C@@H](NS(C)(=O)=O)[C@@H](COCc2ccccc2)O1. The molecule has 0 aliphatic carbocycles. The number of nitrogens with one attached hydrogen (secondary N) is 1. The van der Waals surface area contributed by atoms with Gasteiger partial charge in [0.15, 0.2) is 0 Å². The Balaban J connectivity index is 1.98. The fourth-order valence-corrected chi connectivity index (χ4v) is 2.96. The molecule has 0 aromatic heterocycles. The first kappa shape index (κ1) is 18.6. The number of sulfonamides is 1. The molecule has 3 atom stereocenters. The Hall–Kier alpha value is -1.74. The molecule has 0 saturated carbocycles. The first-order chi connectivity index (χ1) is 11.3. The van der Waals surface area contributed by atoms with Crippen LogP contribution in [0.2, 0.25) is 0 Å². The van der Waals surface area contributed by atoms with Crippen molar-refractivity contribution in [3.63, 3.8) is 0 Å². The second kappa shape index (κ2) is 8.39. The van der Waals surface area contributed by atoms with Crippen LogP contribution in [0.5, 0.6) is 0 Å². The summed E-state index contributed by atoms with van der Waals surface area (Å²) in [5.41, 5.74) is 0.994. The summed E-state index contributed by atoms with van der Waals surface area (Å²) < 4.78 is 41.6. The smallest absolute Gasteiger partial charge is 0.305 e. The summed E-state index contributed by atoms with van der Waals surface area (Å²) in [7, 11) is -3.42. The average Bonchev–Trinajstić information content (AvgIpc) is 2.49. The highest BCUT2D eigenvalue weighted by molar-refractivity contribution is 7.88. The molecule has 0 unspecified atom stereocenters. The minimum atomic E-state index is -3.42. The van der Waals surface area contributed by atoms with Crippen LogP contribution in [0, 0.1) is 0 Å². The normalized spacial score (nSPS) is 23.8. The largest absolute Gasteiger partial charge is 0.432 e. The number of ether oxygens (including phenoxy) is 3. The van der Waals surface area contributed by atoms with Gasteiger partial charge in [0, 0.05) is 6.92 Å². The molecule has 1 aliphatic rings. The minimum Gasteiger partial charge on any atom is -0.432 e. The number of hydrogen-bond acceptors (Lipinski definition) is 6. The van der Waals surface area contributed by atoms with E-state index in [9.17, 15) is 13.2 Å². The van der Waals surface area contributed by atoms with Crippen LogP contribution in [0.25, 0.3) is 0 Å². The van der Waals surface area contributed by atoms with E-state index in [4.69, 9.17) is 14.2 Å². The third-order valence-electron chi connectivity index (χ3n) is 3.21. The minimum absolute atomic E-state index is 0.143.